The smallest absolute Gasteiger partial charge is 0.335 e. The van der Waals surface area contributed by atoms with Gasteiger partial charge >= 0.3 is 6.03 Å². The first-order chi connectivity index (χ1) is 17.3. The Balaban J connectivity index is 1.59. The summed E-state index contributed by atoms with van der Waals surface area (Å²) >= 11 is 0. The monoisotopic (exact) mass is 491 g/mol. The van der Waals surface area contributed by atoms with Gasteiger partial charge in [-0.3, -0.25) is 25.0 Å². The number of urea groups is 1. The molecule has 1 aliphatic heterocycles. The Hall–Kier alpha value is -5.06. The number of nitrogens with zero attached hydrogens (tertiary/aromatic N) is 2. The number of non-ortho nitro benzene ring substituents is 1. The lowest BCUT2D eigenvalue weighted by Crippen LogP contribution is -2.54. The Morgan fingerprint density at radius 1 is 1.03 bits per heavy atom. The number of ether oxygens (including phenoxy) is 2. The molecule has 0 aliphatic carbocycles. The number of hydrogen-bond acceptors (Lipinski definition) is 7. The van der Waals surface area contributed by atoms with E-state index in [-0.39, 0.29) is 29.3 Å². The first-order valence-electron chi connectivity index (χ1n) is 10.5. The van der Waals surface area contributed by atoms with Crippen LogP contribution in [0.4, 0.5) is 20.6 Å². The van der Waals surface area contributed by atoms with E-state index < -0.39 is 28.6 Å². The zero-order chi connectivity index (χ0) is 25.8. The number of nitro groups is 1. The van der Waals surface area contributed by atoms with Crippen LogP contribution in [0.2, 0.25) is 0 Å². The number of imide groups is 2. The lowest BCUT2D eigenvalue weighted by molar-refractivity contribution is -0.384. The Kier molecular flexibility index (Phi) is 6.72. The number of benzene rings is 3. The number of carbonyl (C=O) groups is 3. The Labute approximate surface area is 203 Å². The average Bonchev–Trinajstić information content (AvgIpc) is 2.86. The summed E-state index contributed by atoms with van der Waals surface area (Å²) in [5.74, 6) is -1.64. The second-order valence-corrected chi connectivity index (χ2v) is 7.52. The molecule has 1 N–H and O–H groups in total. The highest BCUT2D eigenvalue weighted by Crippen LogP contribution is 2.31. The third kappa shape index (κ3) is 4.89. The molecule has 0 aromatic heterocycles. The molecule has 3 aromatic rings. The second-order valence-electron chi connectivity index (χ2n) is 7.52. The Morgan fingerprint density at radius 2 is 1.75 bits per heavy atom. The SMILES string of the molecule is COc1cc(/C=C2\C(=O)NC(=O)N(c3ccc([N+](=O)[O-])cc3)C2=O)ccc1OCc1ccccc1F. The van der Waals surface area contributed by atoms with E-state index in [1.807, 2.05) is 0 Å². The zero-order valence-electron chi connectivity index (χ0n) is 18.8. The number of amides is 4. The third-order valence-electron chi connectivity index (χ3n) is 5.26. The molecule has 0 spiro atoms. The number of halogens is 1. The van der Waals surface area contributed by atoms with Gasteiger partial charge in [0.1, 0.15) is 18.0 Å². The number of methoxy groups -OCH3 is 1. The van der Waals surface area contributed by atoms with Crippen molar-refractivity contribution < 1.29 is 33.2 Å². The van der Waals surface area contributed by atoms with Crippen molar-refractivity contribution in [1.29, 1.82) is 0 Å². The molecule has 11 heteroatoms. The number of nitro benzene ring substituents is 1. The normalized spacial score (nSPS) is 14.6. The summed E-state index contributed by atoms with van der Waals surface area (Å²) in [5, 5.41) is 13.0. The maximum Gasteiger partial charge on any atom is 0.335 e. The quantitative estimate of drug-likeness (QED) is 0.229. The van der Waals surface area contributed by atoms with Gasteiger partial charge < -0.3 is 9.47 Å². The van der Waals surface area contributed by atoms with Gasteiger partial charge in [0, 0.05) is 17.7 Å². The number of carbonyl (C=O) groups excluding carboxylic acids is 3. The van der Waals surface area contributed by atoms with Gasteiger partial charge in [0.05, 0.1) is 17.7 Å². The highest BCUT2D eigenvalue weighted by atomic mass is 19.1. The largest absolute Gasteiger partial charge is 0.493 e. The minimum atomic E-state index is -0.981. The van der Waals surface area contributed by atoms with Gasteiger partial charge in [-0.25, -0.2) is 14.1 Å². The van der Waals surface area contributed by atoms with Crippen LogP contribution in [0, 0.1) is 15.9 Å². The molecular weight excluding hydrogens is 473 g/mol. The van der Waals surface area contributed by atoms with Crippen LogP contribution in [0.5, 0.6) is 11.5 Å². The molecule has 1 aliphatic rings. The van der Waals surface area contributed by atoms with E-state index in [2.05, 4.69) is 5.32 Å². The maximum absolute atomic E-state index is 13.9. The molecule has 0 atom stereocenters. The van der Waals surface area contributed by atoms with Crippen molar-refractivity contribution in [2.24, 2.45) is 0 Å². The van der Waals surface area contributed by atoms with Gasteiger partial charge in [-0.15, -0.1) is 0 Å². The molecular formula is C25H18FN3O7. The molecule has 3 aromatic carbocycles. The minimum Gasteiger partial charge on any atom is -0.493 e. The van der Waals surface area contributed by atoms with Crippen LogP contribution in [0.25, 0.3) is 6.08 Å². The molecule has 1 saturated heterocycles. The first kappa shape index (κ1) is 24.1. The topological polar surface area (TPSA) is 128 Å². The molecule has 4 rings (SSSR count). The molecule has 182 valence electrons. The summed E-state index contributed by atoms with van der Waals surface area (Å²) in [6, 6.07) is 14.5. The van der Waals surface area contributed by atoms with Crippen LogP contribution in [-0.2, 0) is 16.2 Å². The molecule has 1 fully saturated rings. The zero-order valence-corrected chi connectivity index (χ0v) is 18.8. The molecule has 1 heterocycles. The lowest BCUT2D eigenvalue weighted by Gasteiger charge is -2.26. The van der Waals surface area contributed by atoms with Crippen LogP contribution >= 0.6 is 0 Å². The van der Waals surface area contributed by atoms with Crippen molar-refractivity contribution in [1.82, 2.24) is 5.32 Å². The molecule has 0 saturated carbocycles. The second kappa shape index (κ2) is 10.1. The highest BCUT2D eigenvalue weighted by molar-refractivity contribution is 6.39. The summed E-state index contributed by atoms with van der Waals surface area (Å²) in [4.78, 5) is 48.8. The van der Waals surface area contributed by atoms with E-state index >= 15 is 0 Å². The van der Waals surface area contributed by atoms with E-state index in [1.54, 1.807) is 24.3 Å². The fourth-order valence-electron chi connectivity index (χ4n) is 3.45. The van der Waals surface area contributed by atoms with Gasteiger partial charge in [-0.1, -0.05) is 24.3 Å². The molecule has 0 radical (unpaired) electrons. The average molecular weight is 491 g/mol. The molecule has 4 amide bonds. The predicted octanol–water partition coefficient (Wildman–Crippen LogP) is 3.99. The number of anilines is 1. The van der Waals surface area contributed by atoms with Crippen molar-refractivity contribution in [3.63, 3.8) is 0 Å². The van der Waals surface area contributed by atoms with E-state index in [0.717, 1.165) is 12.1 Å². The van der Waals surface area contributed by atoms with E-state index in [1.165, 1.54) is 43.5 Å². The van der Waals surface area contributed by atoms with Crippen LogP contribution in [0.15, 0.2) is 72.3 Å². The summed E-state index contributed by atoms with van der Waals surface area (Å²) in [6.07, 6.45) is 1.27. The number of rotatable bonds is 7. The minimum absolute atomic E-state index is 0.0450. The van der Waals surface area contributed by atoms with Gasteiger partial charge in [0.15, 0.2) is 11.5 Å². The Morgan fingerprint density at radius 3 is 2.42 bits per heavy atom. The fraction of sp³-hybridized carbons (Fsp3) is 0.0800. The molecule has 10 nitrogen and oxygen atoms in total. The van der Waals surface area contributed by atoms with Crippen molar-refractivity contribution in [2.45, 2.75) is 6.61 Å². The summed E-state index contributed by atoms with van der Waals surface area (Å²) in [7, 11) is 1.40. The highest BCUT2D eigenvalue weighted by Gasteiger charge is 2.37. The van der Waals surface area contributed by atoms with Crippen molar-refractivity contribution >= 4 is 35.3 Å². The molecule has 36 heavy (non-hydrogen) atoms. The number of hydrogen-bond donors (Lipinski definition) is 1. The van der Waals surface area contributed by atoms with Crippen LogP contribution < -0.4 is 19.7 Å². The van der Waals surface area contributed by atoms with Gasteiger partial charge in [0.25, 0.3) is 17.5 Å². The van der Waals surface area contributed by atoms with Crippen LogP contribution in [-0.4, -0.2) is 29.9 Å². The lowest BCUT2D eigenvalue weighted by atomic mass is 10.1. The Bertz CT molecular complexity index is 1400. The number of nitrogens with one attached hydrogen (secondary N) is 1. The van der Waals surface area contributed by atoms with Crippen LogP contribution in [0.3, 0.4) is 0 Å². The van der Waals surface area contributed by atoms with Crippen molar-refractivity contribution in [3.05, 3.63) is 99.4 Å². The predicted molar refractivity (Wildman–Crippen MR) is 126 cm³/mol. The van der Waals surface area contributed by atoms with E-state index in [0.29, 0.717) is 21.8 Å². The van der Waals surface area contributed by atoms with Crippen molar-refractivity contribution in [2.75, 3.05) is 12.0 Å². The van der Waals surface area contributed by atoms with Gasteiger partial charge in [0.2, 0.25) is 0 Å². The molecule has 0 unspecified atom stereocenters. The van der Waals surface area contributed by atoms with Crippen molar-refractivity contribution in [3.8, 4) is 11.5 Å². The number of barbiturate groups is 1. The third-order valence-corrected chi connectivity index (χ3v) is 5.26. The van der Waals surface area contributed by atoms with Crippen LogP contribution in [0.1, 0.15) is 11.1 Å². The molecule has 0 bridgehead atoms. The summed E-state index contributed by atoms with van der Waals surface area (Å²) < 4.78 is 24.9. The van der Waals surface area contributed by atoms with E-state index in [9.17, 15) is 28.9 Å². The summed E-state index contributed by atoms with van der Waals surface area (Å²) in [5.41, 5.74) is 0.235. The summed E-state index contributed by atoms with van der Waals surface area (Å²) in [6.45, 7) is -0.0450. The van der Waals surface area contributed by atoms with Gasteiger partial charge in [-0.2, -0.15) is 0 Å². The van der Waals surface area contributed by atoms with E-state index in [4.69, 9.17) is 9.47 Å². The fourth-order valence-corrected chi connectivity index (χ4v) is 3.45. The van der Waals surface area contributed by atoms with Gasteiger partial charge in [-0.05, 0) is 42.0 Å². The standard InChI is InChI=1S/C25H18FN3O7/c1-35-22-13-15(6-11-21(22)36-14-16-4-2-3-5-20(16)26)12-19-23(30)27-25(32)28(24(19)31)17-7-9-18(10-8-17)29(33)34/h2-13H,14H2,1H3,(H,27,30,32)/b19-12+. The maximum atomic E-state index is 13.9. The first-order valence-corrected chi connectivity index (χ1v) is 10.5.